The Bertz CT molecular complexity index is 1260. The van der Waals surface area contributed by atoms with Gasteiger partial charge in [0.1, 0.15) is 6.54 Å². The van der Waals surface area contributed by atoms with Crippen LogP contribution in [0.2, 0.25) is 5.28 Å². The summed E-state index contributed by atoms with van der Waals surface area (Å²) in [5, 5.41) is 2.59. The first kappa shape index (κ1) is 22.3. The number of hydrogen-bond donors (Lipinski definition) is 1. The third-order valence-corrected chi connectivity index (χ3v) is 5.03. The largest absolute Gasteiger partial charge is 0.462 e. The Kier molecular flexibility index (Phi) is 6.59. The van der Waals surface area contributed by atoms with E-state index in [0.717, 1.165) is 17.4 Å². The van der Waals surface area contributed by atoms with E-state index in [1.54, 1.807) is 24.3 Å². The summed E-state index contributed by atoms with van der Waals surface area (Å²) in [5.41, 5.74) is -0.169. The average molecular weight is 448 g/mol. The van der Waals surface area contributed by atoms with Crippen LogP contribution in [0.5, 0.6) is 0 Å². The minimum Gasteiger partial charge on any atom is -0.462 e. The van der Waals surface area contributed by atoms with E-state index in [-0.39, 0.29) is 23.0 Å². The fourth-order valence-electron chi connectivity index (χ4n) is 2.99. The van der Waals surface area contributed by atoms with E-state index in [2.05, 4.69) is 10.3 Å². The molecule has 31 heavy (non-hydrogen) atoms. The van der Waals surface area contributed by atoms with Gasteiger partial charge in [-0.25, -0.2) is 9.59 Å². The molecule has 0 atom stereocenters. The number of anilines is 1. The smallest absolute Gasteiger partial charge is 0.338 e. The number of carbonyl (C=O) groups is 2. The summed E-state index contributed by atoms with van der Waals surface area (Å²) in [6, 6.07) is 6.25. The third-order valence-electron chi connectivity index (χ3n) is 4.74. The predicted molar refractivity (Wildman–Crippen MR) is 115 cm³/mol. The molecule has 2 aromatic heterocycles. The van der Waals surface area contributed by atoms with Crippen LogP contribution in [-0.2, 0) is 30.2 Å². The number of halogens is 1. The SMILES string of the molecule is CCCCOC(=O)c1ccc(NC(=O)Cn2c(Cl)nc3c2c(=O)n(C)c(=O)n3C)cc1. The number of amides is 1. The van der Waals surface area contributed by atoms with Crippen molar-refractivity contribution in [3.8, 4) is 0 Å². The molecule has 0 unspecified atom stereocenters. The molecule has 0 saturated carbocycles. The zero-order chi connectivity index (χ0) is 22.7. The summed E-state index contributed by atoms with van der Waals surface area (Å²) in [7, 11) is 2.80. The third kappa shape index (κ3) is 4.53. The monoisotopic (exact) mass is 447 g/mol. The fourth-order valence-corrected chi connectivity index (χ4v) is 3.21. The van der Waals surface area contributed by atoms with Crippen LogP contribution in [0, 0.1) is 0 Å². The summed E-state index contributed by atoms with van der Waals surface area (Å²) < 4.78 is 8.50. The van der Waals surface area contributed by atoms with Crippen LogP contribution in [0.15, 0.2) is 33.9 Å². The maximum atomic E-state index is 12.5. The van der Waals surface area contributed by atoms with Crippen molar-refractivity contribution in [1.82, 2.24) is 18.7 Å². The van der Waals surface area contributed by atoms with Crippen LogP contribution in [0.3, 0.4) is 0 Å². The van der Waals surface area contributed by atoms with Gasteiger partial charge in [0.05, 0.1) is 12.2 Å². The summed E-state index contributed by atoms with van der Waals surface area (Å²) in [6.45, 7) is 2.08. The molecule has 0 aliphatic heterocycles. The van der Waals surface area contributed by atoms with Gasteiger partial charge in [0, 0.05) is 19.8 Å². The van der Waals surface area contributed by atoms with Gasteiger partial charge in [-0.3, -0.25) is 23.3 Å². The number of aryl methyl sites for hydroxylation is 1. The van der Waals surface area contributed by atoms with E-state index >= 15 is 0 Å². The molecule has 10 nitrogen and oxygen atoms in total. The lowest BCUT2D eigenvalue weighted by Gasteiger charge is -2.09. The van der Waals surface area contributed by atoms with Crippen molar-refractivity contribution in [2.24, 2.45) is 14.1 Å². The first-order chi connectivity index (χ1) is 14.7. The number of esters is 1. The Morgan fingerprint density at radius 3 is 2.45 bits per heavy atom. The summed E-state index contributed by atoms with van der Waals surface area (Å²) in [5.74, 6) is -0.889. The molecular weight excluding hydrogens is 426 g/mol. The molecule has 0 radical (unpaired) electrons. The number of unbranched alkanes of at least 4 members (excludes halogenated alkanes) is 1. The van der Waals surface area contributed by atoms with Gasteiger partial charge < -0.3 is 10.1 Å². The van der Waals surface area contributed by atoms with Crippen molar-refractivity contribution >= 4 is 40.3 Å². The number of carbonyl (C=O) groups excluding carboxylic acids is 2. The molecule has 0 fully saturated rings. The Labute approximate surface area is 182 Å². The maximum Gasteiger partial charge on any atom is 0.338 e. The lowest BCUT2D eigenvalue weighted by molar-refractivity contribution is -0.116. The number of hydrogen-bond acceptors (Lipinski definition) is 6. The summed E-state index contributed by atoms with van der Waals surface area (Å²) in [4.78, 5) is 53.1. The molecule has 3 aromatic rings. The number of imidazole rings is 1. The predicted octanol–water partition coefficient (Wildman–Crippen LogP) is 1.68. The van der Waals surface area contributed by atoms with Crippen LogP contribution < -0.4 is 16.6 Å². The molecular formula is C20H22ClN5O5. The summed E-state index contributed by atoms with van der Waals surface area (Å²) >= 11 is 6.13. The Hall–Kier alpha value is -3.40. The standard InChI is InChI=1S/C20H22ClN5O5/c1-4-5-10-31-18(29)12-6-8-13(9-7-12)22-14(27)11-26-15-16(23-19(26)21)24(2)20(30)25(3)17(15)28/h6-9H,4-5,10-11H2,1-3H3,(H,22,27). The number of nitrogens with one attached hydrogen (secondary N) is 1. The molecule has 1 aromatic carbocycles. The van der Waals surface area contributed by atoms with Gasteiger partial charge in [-0.05, 0) is 42.3 Å². The highest BCUT2D eigenvalue weighted by Gasteiger charge is 2.20. The molecule has 0 bridgehead atoms. The van der Waals surface area contributed by atoms with Gasteiger partial charge in [-0.2, -0.15) is 4.98 Å². The molecule has 0 aliphatic carbocycles. The Balaban J connectivity index is 1.77. The molecule has 11 heteroatoms. The highest BCUT2D eigenvalue weighted by molar-refractivity contribution is 6.29. The second-order valence-corrected chi connectivity index (χ2v) is 7.30. The van der Waals surface area contributed by atoms with Gasteiger partial charge in [-0.15, -0.1) is 0 Å². The molecule has 3 rings (SSSR count). The van der Waals surface area contributed by atoms with Crippen LogP contribution in [-0.4, -0.2) is 37.2 Å². The summed E-state index contributed by atoms with van der Waals surface area (Å²) in [6.07, 6.45) is 1.72. The van der Waals surface area contributed by atoms with E-state index in [1.165, 1.54) is 23.2 Å². The normalized spacial score (nSPS) is 11.0. The molecule has 1 N–H and O–H groups in total. The van der Waals surface area contributed by atoms with Gasteiger partial charge in [0.25, 0.3) is 5.56 Å². The Morgan fingerprint density at radius 1 is 1.13 bits per heavy atom. The van der Waals surface area contributed by atoms with E-state index in [9.17, 15) is 19.2 Å². The van der Waals surface area contributed by atoms with Crippen molar-refractivity contribution in [3.05, 3.63) is 56.0 Å². The van der Waals surface area contributed by atoms with Crippen molar-refractivity contribution in [2.45, 2.75) is 26.3 Å². The molecule has 2 heterocycles. The molecule has 1 amide bonds. The first-order valence-corrected chi connectivity index (χ1v) is 10.0. The van der Waals surface area contributed by atoms with Crippen molar-refractivity contribution < 1.29 is 14.3 Å². The topological polar surface area (TPSA) is 117 Å². The fraction of sp³-hybridized carbons (Fsp3) is 0.350. The average Bonchev–Trinajstić information content (AvgIpc) is 3.07. The minimum absolute atomic E-state index is 0.0509. The van der Waals surface area contributed by atoms with Crippen molar-refractivity contribution in [2.75, 3.05) is 11.9 Å². The van der Waals surface area contributed by atoms with E-state index < -0.39 is 23.1 Å². The second-order valence-electron chi connectivity index (χ2n) is 6.96. The number of fused-ring (bicyclic) bond motifs is 1. The molecule has 0 saturated heterocycles. The van der Waals surface area contributed by atoms with Gasteiger partial charge in [0.15, 0.2) is 11.2 Å². The zero-order valence-corrected chi connectivity index (χ0v) is 18.1. The van der Waals surface area contributed by atoms with Crippen LogP contribution in [0.1, 0.15) is 30.1 Å². The van der Waals surface area contributed by atoms with Gasteiger partial charge in [0.2, 0.25) is 11.2 Å². The zero-order valence-electron chi connectivity index (χ0n) is 17.3. The number of ether oxygens (including phenoxy) is 1. The molecule has 164 valence electrons. The van der Waals surface area contributed by atoms with E-state index in [0.29, 0.717) is 17.9 Å². The van der Waals surface area contributed by atoms with E-state index in [1.807, 2.05) is 6.92 Å². The second kappa shape index (κ2) is 9.17. The molecule has 0 spiro atoms. The quantitative estimate of drug-likeness (QED) is 0.334. The van der Waals surface area contributed by atoms with Gasteiger partial charge >= 0.3 is 11.7 Å². The number of nitrogens with zero attached hydrogens (tertiary/aromatic N) is 4. The van der Waals surface area contributed by atoms with Crippen LogP contribution >= 0.6 is 11.6 Å². The number of aromatic nitrogens is 4. The Morgan fingerprint density at radius 2 is 1.81 bits per heavy atom. The molecule has 0 aliphatic rings. The van der Waals surface area contributed by atoms with E-state index in [4.69, 9.17) is 16.3 Å². The van der Waals surface area contributed by atoms with Gasteiger partial charge in [-0.1, -0.05) is 13.3 Å². The van der Waals surface area contributed by atoms with Crippen molar-refractivity contribution in [3.63, 3.8) is 0 Å². The highest BCUT2D eigenvalue weighted by Crippen LogP contribution is 2.16. The lowest BCUT2D eigenvalue weighted by Crippen LogP contribution is -2.37. The van der Waals surface area contributed by atoms with Crippen molar-refractivity contribution in [1.29, 1.82) is 0 Å². The minimum atomic E-state index is -0.601. The number of benzene rings is 1. The lowest BCUT2D eigenvalue weighted by atomic mass is 10.2. The van der Waals surface area contributed by atoms with Crippen LogP contribution in [0.25, 0.3) is 11.2 Å². The maximum absolute atomic E-state index is 12.5. The number of rotatable bonds is 7. The van der Waals surface area contributed by atoms with Crippen LogP contribution in [0.4, 0.5) is 5.69 Å². The first-order valence-electron chi connectivity index (χ1n) is 9.63. The highest BCUT2D eigenvalue weighted by atomic mass is 35.5.